The number of benzene rings is 4. The molecule has 3 heteroatoms. The van der Waals surface area contributed by atoms with Crippen LogP contribution in [0.3, 0.4) is 0 Å². The highest BCUT2D eigenvalue weighted by atomic mass is 15.0. The molecule has 0 fully saturated rings. The molecular weight excluding hydrogens is 390 g/mol. The van der Waals surface area contributed by atoms with Gasteiger partial charge in [0.25, 0.3) is 0 Å². The Balaban J connectivity index is 1.69. The van der Waals surface area contributed by atoms with E-state index >= 15 is 0 Å². The van der Waals surface area contributed by atoms with Gasteiger partial charge in [-0.15, -0.1) is 0 Å². The van der Waals surface area contributed by atoms with E-state index in [1.807, 2.05) is 12.4 Å². The molecule has 4 aromatic carbocycles. The summed E-state index contributed by atoms with van der Waals surface area (Å²) in [6.45, 7) is 0. The first-order chi connectivity index (χ1) is 15.9. The maximum Gasteiger partial charge on any atom is 0.0723 e. The Kier molecular flexibility index (Phi) is 3.55. The van der Waals surface area contributed by atoms with Crippen molar-refractivity contribution in [2.45, 2.75) is 0 Å². The van der Waals surface area contributed by atoms with E-state index in [-0.39, 0.29) is 0 Å². The van der Waals surface area contributed by atoms with E-state index in [1.165, 1.54) is 43.8 Å². The number of aromatic nitrogens is 3. The largest absolute Gasteiger partial charge is 0.316 e. The van der Waals surface area contributed by atoms with Crippen molar-refractivity contribution < 1.29 is 0 Å². The van der Waals surface area contributed by atoms with Gasteiger partial charge in [-0.25, -0.2) is 0 Å². The smallest absolute Gasteiger partial charge is 0.0723 e. The first-order valence-corrected chi connectivity index (χ1v) is 10.8. The molecule has 0 saturated heterocycles. The molecule has 0 aliphatic carbocycles. The van der Waals surface area contributed by atoms with Crippen molar-refractivity contribution in [2.75, 3.05) is 0 Å². The van der Waals surface area contributed by atoms with Crippen LogP contribution in [0, 0.1) is 0 Å². The van der Waals surface area contributed by atoms with Crippen molar-refractivity contribution in [3.63, 3.8) is 0 Å². The van der Waals surface area contributed by atoms with E-state index in [0.717, 1.165) is 11.1 Å². The second-order valence-electron chi connectivity index (χ2n) is 8.15. The van der Waals surface area contributed by atoms with Crippen molar-refractivity contribution in [3.8, 4) is 11.4 Å². The number of hydrogen-bond donors (Lipinski definition) is 0. The molecule has 0 aliphatic heterocycles. The molecular formula is C29H19N3. The van der Waals surface area contributed by atoms with Crippen molar-refractivity contribution >= 4 is 43.5 Å². The second kappa shape index (κ2) is 6.56. The molecule has 0 saturated carbocycles. The maximum atomic E-state index is 4.57. The fourth-order valence-corrected chi connectivity index (χ4v) is 5.02. The minimum Gasteiger partial charge on any atom is -0.316 e. The van der Waals surface area contributed by atoms with Crippen LogP contribution in [0.1, 0.15) is 0 Å². The van der Waals surface area contributed by atoms with Gasteiger partial charge >= 0.3 is 0 Å². The van der Waals surface area contributed by atoms with E-state index in [9.17, 15) is 0 Å². The van der Waals surface area contributed by atoms with Gasteiger partial charge in [0.15, 0.2) is 0 Å². The zero-order valence-electron chi connectivity index (χ0n) is 17.3. The second-order valence-corrected chi connectivity index (χ2v) is 8.15. The van der Waals surface area contributed by atoms with Gasteiger partial charge in [-0.05, 0) is 30.3 Å². The Morgan fingerprint density at radius 2 is 1.34 bits per heavy atom. The summed E-state index contributed by atoms with van der Waals surface area (Å²) in [6, 6.07) is 34.4. The first kappa shape index (κ1) is 17.3. The molecule has 0 amide bonds. The van der Waals surface area contributed by atoms with Gasteiger partial charge in [-0.2, -0.15) is 0 Å². The van der Waals surface area contributed by atoms with Crippen LogP contribution in [0.25, 0.3) is 54.9 Å². The van der Waals surface area contributed by atoms with Crippen molar-refractivity contribution in [2.24, 2.45) is 0 Å². The maximum absolute atomic E-state index is 4.57. The van der Waals surface area contributed by atoms with Crippen LogP contribution in [0.4, 0.5) is 0 Å². The Labute approximate surface area is 184 Å². The Morgan fingerprint density at radius 3 is 2.25 bits per heavy atom. The van der Waals surface area contributed by atoms with Crippen LogP contribution in [0.2, 0.25) is 0 Å². The van der Waals surface area contributed by atoms with E-state index < -0.39 is 0 Å². The molecule has 0 bridgehead atoms. The van der Waals surface area contributed by atoms with Crippen molar-refractivity contribution in [1.29, 1.82) is 0 Å². The number of rotatable bonds is 2. The minimum absolute atomic E-state index is 1.10. The molecule has 0 radical (unpaired) electrons. The summed E-state index contributed by atoms with van der Waals surface area (Å²) < 4.78 is 4.66. The van der Waals surface area contributed by atoms with Crippen LogP contribution in [-0.2, 0) is 0 Å². The lowest BCUT2D eigenvalue weighted by Gasteiger charge is -2.11. The van der Waals surface area contributed by atoms with Gasteiger partial charge in [0.1, 0.15) is 0 Å². The summed E-state index contributed by atoms with van der Waals surface area (Å²) in [4.78, 5) is 4.57. The summed E-state index contributed by atoms with van der Waals surface area (Å²) in [5.41, 5.74) is 5.88. The summed E-state index contributed by atoms with van der Waals surface area (Å²) in [7, 11) is 0. The number of nitrogens with zero attached hydrogens (tertiary/aromatic N) is 3. The molecule has 0 N–H and O–H groups in total. The molecule has 3 nitrogen and oxygen atoms in total. The molecule has 3 aromatic heterocycles. The first-order valence-electron chi connectivity index (χ1n) is 10.8. The summed E-state index contributed by atoms with van der Waals surface area (Å²) in [5, 5.41) is 6.09. The lowest BCUT2D eigenvalue weighted by molar-refractivity contribution is 1.13. The third-order valence-corrected chi connectivity index (χ3v) is 6.41. The zero-order chi connectivity index (χ0) is 21.1. The summed E-state index contributed by atoms with van der Waals surface area (Å²) in [5.74, 6) is 0. The lowest BCUT2D eigenvalue weighted by atomic mass is 10.1. The highest BCUT2D eigenvalue weighted by molar-refractivity contribution is 6.21. The standard InChI is InChI=1S/C29H19N3/c1-2-9-22(10-3-1)31-17-16-20-14-15-26-28(29(20)31)24-12-6-7-13-25(24)32(26)27-19-30-18-21-8-4-5-11-23(21)27/h1-19H. The van der Waals surface area contributed by atoms with E-state index in [2.05, 4.69) is 117 Å². The van der Waals surface area contributed by atoms with Crippen LogP contribution >= 0.6 is 0 Å². The topological polar surface area (TPSA) is 22.8 Å². The Morgan fingerprint density at radius 1 is 0.562 bits per heavy atom. The third-order valence-electron chi connectivity index (χ3n) is 6.41. The Bertz CT molecular complexity index is 1770. The molecule has 0 aliphatic rings. The molecule has 32 heavy (non-hydrogen) atoms. The van der Waals surface area contributed by atoms with Crippen molar-refractivity contribution in [1.82, 2.24) is 14.1 Å². The number of pyridine rings is 1. The van der Waals surface area contributed by atoms with Crippen molar-refractivity contribution in [3.05, 3.63) is 116 Å². The van der Waals surface area contributed by atoms with E-state index in [4.69, 9.17) is 0 Å². The monoisotopic (exact) mass is 409 g/mol. The lowest BCUT2D eigenvalue weighted by Crippen LogP contribution is -1.96. The normalized spacial score (nSPS) is 11.8. The van der Waals surface area contributed by atoms with Gasteiger partial charge < -0.3 is 9.13 Å². The predicted octanol–water partition coefficient (Wildman–Crippen LogP) is 7.28. The fraction of sp³-hybridized carbons (Fsp3) is 0. The molecule has 0 spiro atoms. The minimum atomic E-state index is 1.10. The van der Waals surface area contributed by atoms with Gasteiger partial charge in [-0.3, -0.25) is 4.98 Å². The van der Waals surface area contributed by atoms with Gasteiger partial charge in [-0.1, -0.05) is 66.7 Å². The SMILES string of the molecule is c1ccc(-n2ccc3ccc4c(c5ccccc5n4-c4cncc5ccccc45)c32)cc1. The fourth-order valence-electron chi connectivity index (χ4n) is 5.02. The van der Waals surface area contributed by atoms with Crippen LogP contribution in [0.5, 0.6) is 0 Å². The van der Waals surface area contributed by atoms with Gasteiger partial charge in [0.05, 0.1) is 28.4 Å². The average Bonchev–Trinajstić information content (AvgIpc) is 3.43. The van der Waals surface area contributed by atoms with Crippen LogP contribution in [0.15, 0.2) is 116 Å². The number of hydrogen-bond acceptors (Lipinski definition) is 1. The quantitative estimate of drug-likeness (QED) is 0.294. The average molecular weight is 409 g/mol. The Hall–Kier alpha value is -4.37. The molecule has 0 unspecified atom stereocenters. The number of fused-ring (bicyclic) bond motifs is 6. The summed E-state index contributed by atoms with van der Waals surface area (Å²) >= 11 is 0. The van der Waals surface area contributed by atoms with E-state index in [0.29, 0.717) is 0 Å². The van der Waals surface area contributed by atoms with Gasteiger partial charge in [0, 0.05) is 45.0 Å². The zero-order valence-corrected chi connectivity index (χ0v) is 17.3. The highest BCUT2D eigenvalue weighted by Gasteiger charge is 2.18. The molecule has 7 aromatic rings. The number of para-hydroxylation sites is 2. The molecule has 3 heterocycles. The highest BCUT2D eigenvalue weighted by Crippen LogP contribution is 2.39. The predicted molar refractivity (Wildman–Crippen MR) is 133 cm³/mol. The summed E-state index contributed by atoms with van der Waals surface area (Å²) in [6.07, 6.45) is 6.09. The van der Waals surface area contributed by atoms with Gasteiger partial charge in [0.2, 0.25) is 0 Å². The molecule has 0 atom stereocenters. The molecule has 7 rings (SSSR count). The molecule has 150 valence electrons. The third kappa shape index (κ3) is 2.33. The van der Waals surface area contributed by atoms with Crippen LogP contribution < -0.4 is 0 Å². The van der Waals surface area contributed by atoms with Crippen LogP contribution in [-0.4, -0.2) is 14.1 Å². The van der Waals surface area contributed by atoms with E-state index in [1.54, 1.807) is 0 Å².